The van der Waals surface area contributed by atoms with Crippen LogP contribution in [-0.4, -0.2) is 64.0 Å². The number of rotatable bonds is 6. The smallest absolute Gasteiger partial charge is 0.219 e. The Balaban J connectivity index is 1.11. The lowest BCUT2D eigenvalue weighted by atomic mass is 10.1. The van der Waals surface area contributed by atoms with Crippen LogP contribution in [0.4, 0.5) is 0 Å². The molecule has 2 aliphatic heterocycles. The Morgan fingerprint density at radius 1 is 1.21 bits per heavy atom. The van der Waals surface area contributed by atoms with Crippen LogP contribution in [0.5, 0.6) is 5.75 Å². The Bertz CT molecular complexity index is 986. The number of thiazole rings is 1. The van der Waals surface area contributed by atoms with Gasteiger partial charge in [-0.25, -0.2) is 9.97 Å². The summed E-state index contributed by atoms with van der Waals surface area (Å²) < 4.78 is 7.09. The molecule has 4 heterocycles. The predicted octanol–water partition coefficient (Wildman–Crippen LogP) is 2.97. The lowest BCUT2D eigenvalue weighted by molar-refractivity contribution is -0.131. The minimum absolute atomic E-state index is 0.204. The fraction of sp³-hybridized carbons (Fsp3) is 0.409. The third-order valence-corrected chi connectivity index (χ3v) is 6.90. The molecule has 2 saturated heterocycles. The predicted molar refractivity (Wildman–Crippen MR) is 113 cm³/mol. The van der Waals surface area contributed by atoms with Crippen LogP contribution in [0.25, 0.3) is 10.3 Å². The largest absolute Gasteiger partial charge is 0.492 e. The van der Waals surface area contributed by atoms with E-state index in [1.165, 1.54) is 5.56 Å². The zero-order valence-electron chi connectivity index (χ0n) is 16.5. The standard InChI is InChI=1S/C22H24N4O2S/c1-15(27)26-14-17-12-18(26)13-25(17)9-10-28-19-6-4-16(5-7-19)11-21-24-22-20(29-21)3-2-8-23-22/h2-8,17-18H,9-14H2,1H3/t17-,18-/m0/s1. The molecule has 3 aromatic rings. The van der Waals surface area contributed by atoms with Gasteiger partial charge in [0.2, 0.25) is 5.91 Å². The minimum atomic E-state index is 0.204. The number of fused-ring (bicyclic) bond motifs is 3. The van der Waals surface area contributed by atoms with Gasteiger partial charge in [0.1, 0.15) is 17.4 Å². The number of amides is 1. The summed E-state index contributed by atoms with van der Waals surface area (Å²) >= 11 is 1.70. The van der Waals surface area contributed by atoms with Gasteiger partial charge >= 0.3 is 0 Å². The molecule has 5 rings (SSSR count). The maximum Gasteiger partial charge on any atom is 0.219 e. The summed E-state index contributed by atoms with van der Waals surface area (Å²) in [6, 6.07) is 13.2. The summed E-state index contributed by atoms with van der Waals surface area (Å²) in [7, 11) is 0. The number of nitrogens with zero attached hydrogens (tertiary/aromatic N) is 4. The van der Waals surface area contributed by atoms with E-state index in [4.69, 9.17) is 4.74 Å². The first-order valence-corrected chi connectivity index (χ1v) is 10.9. The van der Waals surface area contributed by atoms with Crippen LogP contribution in [0.1, 0.15) is 23.9 Å². The average Bonchev–Trinajstić information content (AvgIpc) is 3.42. The van der Waals surface area contributed by atoms with Crippen molar-refractivity contribution in [2.75, 3.05) is 26.2 Å². The summed E-state index contributed by atoms with van der Waals surface area (Å²) in [6.45, 7) is 5.10. The molecule has 7 heteroatoms. The first-order chi connectivity index (χ1) is 14.2. The van der Waals surface area contributed by atoms with E-state index in [2.05, 4.69) is 33.1 Å². The van der Waals surface area contributed by atoms with Crippen molar-refractivity contribution in [3.63, 3.8) is 0 Å². The van der Waals surface area contributed by atoms with E-state index in [0.717, 1.165) is 53.6 Å². The van der Waals surface area contributed by atoms with E-state index in [-0.39, 0.29) is 5.91 Å². The molecule has 0 radical (unpaired) electrons. The van der Waals surface area contributed by atoms with Crippen molar-refractivity contribution >= 4 is 27.6 Å². The molecule has 6 nitrogen and oxygen atoms in total. The second-order valence-corrected chi connectivity index (χ2v) is 8.93. The first kappa shape index (κ1) is 18.5. The second kappa shape index (κ2) is 7.72. The normalized spacial score (nSPS) is 21.2. The molecule has 1 amide bonds. The van der Waals surface area contributed by atoms with Gasteiger partial charge in [0.25, 0.3) is 0 Å². The van der Waals surface area contributed by atoms with Crippen molar-refractivity contribution < 1.29 is 9.53 Å². The highest BCUT2D eigenvalue weighted by atomic mass is 32.1. The molecule has 0 saturated carbocycles. The third-order valence-electron chi connectivity index (χ3n) is 5.89. The Hall–Kier alpha value is -2.51. The van der Waals surface area contributed by atoms with Crippen LogP contribution in [-0.2, 0) is 11.2 Å². The number of aromatic nitrogens is 2. The van der Waals surface area contributed by atoms with Gasteiger partial charge in [0.05, 0.1) is 4.70 Å². The number of hydrogen-bond acceptors (Lipinski definition) is 6. The van der Waals surface area contributed by atoms with E-state index >= 15 is 0 Å². The number of benzene rings is 1. The van der Waals surface area contributed by atoms with Crippen molar-refractivity contribution in [3.05, 3.63) is 53.2 Å². The number of carbonyl (C=O) groups is 1. The number of carbonyl (C=O) groups excluding carboxylic acids is 1. The lowest BCUT2D eigenvalue weighted by Gasteiger charge is -2.33. The highest BCUT2D eigenvalue weighted by molar-refractivity contribution is 7.18. The Labute approximate surface area is 174 Å². The Morgan fingerprint density at radius 2 is 2.07 bits per heavy atom. The summed E-state index contributed by atoms with van der Waals surface area (Å²) in [4.78, 5) is 25.0. The third kappa shape index (κ3) is 3.84. The van der Waals surface area contributed by atoms with Crippen LogP contribution in [0.3, 0.4) is 0 Å². The van der Waals surface area contributed by atoms with Crippen molar-refractivity contribution in [2.45, 2.75) is 31.8 Å². The van der Waals surface area contributed by atoms with Crippen LogP contribution < -0.4 is 4.74 Å². The Morgan fingerprint density at radius 3 is 2.79 bits per heavy atom. The molecular formula is C22H24N4O2S. The number of ether oxygens (including phenoxy) is 1. The van der Waals surface area contributed by atoms with Gasteiger partial charge in [-0.15, -0.1) is 11.3 Å². The van der Waals surface area contributed by atoms with Crippen LogP contribution in [0.2, 0.25) is 0 Å². The maximum absolute atomic E-state index is 11.6. The SMILES string of the molecule is CC(=O)N1C[C@@H]2C[C@H]1CN2CCOc1ccc(Cc2nc3ncccc3s2)cc1. The summed E-state index contributed by atoms with van der Waals surface area (Å²) in [6.07, 6.45) is 3.70. The zero-order valence-corrected chi connectivity index (χ0v) is 17.3. The van der Waals surface area contributed by atoms with E-state index in [1.807, 2.05) is 23.1 Å². The minimum Gasteiger partial charge on any atom is -0.492 e. The monoisotopic (exact) mass is 408 g/mol. The molecule has 2 aromatic heterocycles. The molecule has 2 fully saturated rings. The summed E-state index contributed by atoms with van der Waals surface area (Å²) in [5.41, 5.74) is 2.05. The van der Waals surface area contributed by atoms with Crippen LogP contribution in [0, 0.1) is 0 Å². The van der Waals surface area contributed by atoms with E-state index < -0.39 is 0 Å². The molecule has 2 aliphatic rings. The fourth-order valence-corrected chi connectivity index (χ4v) is 5.42. The number of pyridine rings is 1. The van der Waals surface area contributed by atoms with Crippen LogP contribution in [0.15, 0.2) is 42.6 Å². The van der Waals surface area contributed by atoms with Gasteiger partial charge in [-0.05, 0) is 36.2 Å². The lowest BCUT2D eigenvalue weighted by Crippen LogP contribution is -2.48. The zero-order chi connectivity index (χ0) is 19.8. The average molecular weight is 409 g/mol. The van der Waals surface area contributed by atoms with Gasteiger partial charge in [0, 0.05) is 51.3 Å². The van der Waals surface area contributed by atoms with Gasteiger partial charge in [-0.1, -0.05) is 12.1 Å². The number of hydrogen-bond donors (Lipinski definition) is 0. The molecule has 2 bridgehead atoms. The molecular weight excluding hydrogens is 384 g/mol. The topological polar surface area (TPSA) is 58.6 Å². The molecule has 0 spiro atoms. The first-order valence-electron chi connectivity index (χ1n) is 10.1. The number of likely N-dealkylation sites (tertiary alicyclic amines) is 2. The van der Waals surface area contributed by atoms with Gasteiger partial charge in [0.15, 0.2) is 5.65 Å². The van der Waals surface area contributed by atoms with Crippen molar-refractivity contribution in [3.8, 4) is 5.75 Å². The molecule has 1 aromatic carbocycles. The molecule has 0 N–H and O–H groups in total. The Kier molecular flexibility index (Phi) is 4.93. The maximum atomic E-state index is 11.6. The van der Waals surface area contributed by atoms with Gasteiger partial charge in [-0.3, -0.25) is 9.69 Å². The number of piperazine rings is 1. The van der Waals surface area contributed by atoms with E-state index in [9.17, 15) is 4.79 Å². The van der Waals surface area contributed by atoms with Crippen LogP contribution >= 0.6 is 11.3 Å². The van der Waals surface area contributed by atoms with Crippen molar-refractivity contribution in [1.82, 2.24) is 19.8 Å². The van der Waals surface area contributed by atoms with Gasteiger partial charge in [-0.2, -0.15) is 0 Å². The summed E-state index contributed by atoms with van der Waals surface area (Å²) in [5.74, 6) is 1.10. The molecule has 0 unspecified atom stereocenters. The highest BCUT2D eigenvalue weighted by Crippen LogP contribution is 2.30. The van der Waals surface area contributed by atoms with E-state index in [0.29, 0.717) is 18.7 Å². The molecule has 150 valence electrons. The molecule has 29 heavy (non-hydrogen) atoms. The van der Waals surface area contributed by atoms with Crippen molar-refractivity contribution in [1.29, 1.82) is 0 Å². The van der Waals surface area contributed by atoms with Crippen molar-refractivity contribution in [2.24, 2.45) is 0 Å². The highest BCUT2D eigenvalue weighted by Gasteiger charge is 2.43. The molecule has 2 atom stereocenters. The quantitative estimate of drug-likeness (QED) is 0.628. The summed E-state index contributed by atoms with van der Waals surface area (Å²) in [5, 5.41) is 1.08. The molecule has 0 aliphatic carbocycles. The second-order valence-electron chi connectivity index (χ2n) is 7.81. The fourth-order valence-electron chi connectivity index (χ4n) is 4.46. The van der Waals surface area contributed by atoms with E-state index in [1.54, 1.807) is 24.5 Å². The van der Waals surface area contributed by atoms with Gasteiger partial charge < -0.3 is 9.64 Å².